The van der Waals surface area contributed by atoms with Gasteiger partial charge in [0, 0.05) is 27.2 Å². The quantitative estimate of drug-likeness (QED) is 0.789. The van der Waals surface area contributed by atoms with Gasteiger partial charge in [0.1, 0.15) is 5.82 Å². The molecule has 0 amide bonds. The van der Waals surface area contributed by atoms with Crippen molar-refractivity contribution in [2.45, 2.75) is 19.9 Å². The third-order valence-electron chi connectivity index (χ3n) is 3.22. The predicted molar refractivity (Wildman–Crippen MR) is 83.9 cm³/mol. The monoisotopic (exact) mass is 311 g/mol. The van der Waals surface area contributed by atoms with Gasteiger partial charge in [0.2, 0.25) is 0 Å². The maximum absolute atomic E-state index is 14.1. The molecule has 0 aliphatic rings. The number of rotatable bonds is 4. The first-order valence-electron chi connectivity index (χ1n) is 6.51. The van der Waals surface area contributed by atoms with Crippen molar-refractivity contribution in [2.24, 2.45) is 0 Å². The first-order valence-corrected chi connectivity index (χ1v) is 7.26. The van der Waals surface area contributed by atoms with E-state index in [1.54, 1.807) is 24.3 Å². The molecule has 0 spiro atoms. The highest BCUT2D eigenvalue weighted by molar-refractivity contribution is 6.36. The lowest BCUT2D eigenvalue weighted by molar-refractivity contribution is 0.593. The van der Waals surface area contributed by atoms with Crippen LogP contribution >= 0.6 is 23.2 Å². The highest BCUT2D eigenvalue weighted by Gasteiger charge is 2.12. The summed E-state index contributed by atoms with van der Waals surface area (Å²) in [5.41, 5.74) is 2.17. The molecule has 0 heterocycles. The SMILES string of the molecule is CCNC(C)c1ccc(F)c(-c2ccc(Cl)cc2Cl)c1. The van der Waals surface area contributed by atoms with E-state index in [4.69, 9.17) is 23.2 Å². The normalized spacial score (nSPS) is 12.4. The Morgan fingerprint density at radius 2 is 1.85 bits per heavy atom. The van der Waals surface area contributed by atoms with Gasteiger partial charge in [-0.15, -0.1) is 0 Å². The topological polar surface area (TPSA) is 12.0 Å². The second kappa shape index (κ2) is 6.57. The molecule has 1 N–H and O–H groups in total. The zero-order valence-electron chi connectivity index (χ0n) is 11.4. The Balaban J connectivity index is 2.47. The molecule has 4 heteroatoms. The lowest BCUT2D eigenvalue weighted by Crippen LogP contribution is -2.17. The van der Waals surface area contributed by atoms with E-state index in [0.717, 1.165) is 12.1 Å². The van der Waals surface area contributed by atoms with Crippen molar-refractivity contribution < 1.29 is 4.39 Å². The fourth-order valence-electron chi connectivity index (χ4n) is 2.15. The smallest absolute Gasteiger partial charge is 0.131 e. The molecule has 0 radical (unpaired) electrons. The molecule has 1 atom stereocenters. The van der Waals surface area contributed by atoms with Gasteiger partial charge in [0.15, 0.2) is 0 Å². The largest absolute Gasteiger partial charge is 0.310 e. The Morgan fingerprint density at radius 1 is 1.10 bits per heavy atom. The van der Waals surface area contributed by atoms with Crippen molar-refractivity contribution >= 4 is 23.2 Å². The maximum atomic E-state index is 14.1. The van der Waals surface area contributed by atoms with Crippen molar-refractivity contribution in [3.05, 3.63) is 57.8 Å². The summed E-state index contributed by atoms with van der Waals surface area (Å²) in [5, 5.41) is 4.29. The summed E-state index contributed by atoms with van der Waals surface area (Å²) in [6.07, 6.45) is 0. The van der Waals surface area contributed by atoms with E-state index in [-0.39, 0.29) is 11.9 Å². The Morgan fingerprint density at radius 3 is 2.50 bits per heavy atom. The molecule has 0 fully saturated rings. The van der Waals surface area contributed by atoms with E-state index in [9.17, 15) is 4.39 Å². The fourth-order valence-corrected chi connectivity index (χ4v) is 2.66. The molecule has 1 nitrogen and oxygen atoms in total. The van der Waals surface area contributed by atoms with Gasteiger partial charge in [-0.25, -0.2) is 4.39 Å². The van der Waals surface area contributed by atoms with E-state index in [1.807, 2.05) is 19.9 Å². The van der Waals surface area contributed by atoms with Crippen LogP contribution in [0.2, 0.25) is 10.0 Å². The van der Waals surface area contributed by atoms with E-state index in [1.165, 1.54) is 6.07 Å². The van der Waals surface area contributed by atoms with Crippen LogP contribution in [0.5, 0.6) is 0 Å². The Kier molecular flexibility index (Phi) is 5.03. The second-order valence-corrected chi connectivity index (χ2v) is 5.49. The minimum absolute atomic E-state index is 0.158. The van der Waals surface area contributed by atoms with Gasteiger partial charge in [-0.05, 0) is 43.3 Å². The number of hydrogen-bond donors (Lipinski definition) is 1. The standard InChI is InChI=1S/C16H16Cl2FN/c1-3-20-10(2)11-4-7-16(19)14(8-11)13-6-5-12(17)9-15(13)18/h4-10,20H,3H2,1-2H3. The number of hydrogen-bond acceptors (Lipinski definition) is 1. The molecule has 0 saturated heterocycles. The van der Waals surface area contributed by atoms with Crippen LogP contribution in [0.3, 0.4) is 0 Å². The highest BCUT2D eigenvalue weighted by atomic mass is 35.5. The number of halogens is 3. The summed E-state index contributed by atoms with van der Waals surface area (Å²) >= 11 is 12.0. The summed E-state index contributed by atoms with van der Waals surface area (Å²) in [6, 6.07) is 10.3. The van der Waals surface area contributed by atoms with Crippen molar-refractivity contribution in [3.63, 3.8) is 0 Å². The molecular weight excluding hydrogens is 296 g/mol. The van der Waals surface area contributed by atoms with Gasteiger partial charge in [0.05, 0.1) is 0 Å². The molecule has 2 aromatic carbocycles. The van der Waals surface area contributed by atoms with Crippen LogP contribution < -0.4 is 5.32 Å². The van der Waals surface area contributed by atoms with E-state index in [0.29, 0.717) is 21.2 Å². The molecule has 2 aromatic rings. The van der Waals surface area contributed by atoms with Gasteiger partial charge in [-0.3, -0.25) is 0 Å². The summed E-state index contributed by atoms with van der Waals surface area (Å²) in [5.74, 6) is -0.290. The van der Waals surface area contributed by atoms with Crippen molar-refractivity contribution in [2.75, 3.05) is 6.54 Å². The van der Waals surface area contributed by atoms with Crippen LogP contribution in [0.1, 0.15) is 25.5 Å². The molecule has 0 saturated carbocycles. The Hall–Kier alpha value is -1.09. The molecule has 0 bridgehead atoms. The molecule has 2 rings (SSSR count). The van der Waals surface area contributed by atoms with Gasteiger partial charge in [-0.1, -0.05) is 42.3 Å². The molecular formula is C16H16Cl2FN. The van der Waals surface area contributed by atoms with Crippen LogP contribution in [0.15, 0.2) is 36.4 Å². The first-order chi connectivity index (χ1) is 9.52. The highest BCUT2D eigenvalue weighted by Crippen LogP contribution is 2.33. The van der Waals surface area contributed by atoms with Gasteiger partial charge >= 0.3 is 0 Å². The van der Waals surface area contributed by atoms with Crippen molar-refractivity contribution in [1.29, 1.82) is 0 Å². The minimum atomic E-state index is -0.290. The molecule has 0 aliphatic heterocycles. The zero-order valence-corrected chi connectivity index (χ0v) is 12.9. The van der Waals surface area contributed by atoms with Crippen LogP contribution in [-0.4, -0.2) is 6.54 Å². The first kappa shape index (κ1) is 15.3. The van der Waals surface area contributed by atoms with E-state index >= 15 is 0 Å². The van der Waals surface area contributed by atoms with Crippen molar-refractivity contribution in [3.8, 4) is 11.1 Å². The zero-order chi connectivity index (χ0) is 14.7. The van der Waals surface area contributed by atoms with Crippen molar-refractivity contribution in [1.82, 2.24) is 5.32 Å². The Bertz CT molecular complexity index is 613. The van der Waals surface area contributed by atoms with Crippen LogP contribution in [-0.2, 0) is 0 Å². The number of nitrogens with one attached hydrogen (secondary N) is 1. The fraction of sp³-hybridized carbons (Fsp3) is 0.250. The van der Waals surface area contributed by atoms with Crippen LogP contribution in [0.4, 0.5) is 4.39 Å². The molecule has 1 unspecified atom stereocenters. The summed E-state index contributed by atoms with van der Waals surface area (Å²) < 4.78 is 14.1. The third kappa shape index (κ3) is 3.32. The second-order valence-electron chi connectivity index (χ2n) is 4.64. The van der Waals surface area contributed by atoms with Crippen LogP contribution in [0, 0.1) is 5.82 Å². The molecule has 0 aromatic heterocycles. The van der Waals surface area contributed by atoms with Gasteiger partial charge in [0.25, 0.3) is 0 Å². The molecule has 106 valence electrons. The lowest BCUT2D eigenvalue weighted by Gasteiger charge is -2.15. The minimum Gasteiger partial charge on any atom is -0.310 e. The summed E-state index contributed by atoms with van der Waals surface area (Å²) in [4.78, 5) is 0. The Labute approximate surface area is 128 Å². The number of benzene rings is 2. The average molecular weight is 312 g/mol. The summed E-state index contributed by atoms with van der Waals surface area (Å²) in [7, 11) is 0. The molecule has 0 aliphatic carbocycles. The van der Waals surface area contributed by atoms with E-state index in [2.05, 4.69) is 5.32 Å². The average Bonchev–Trinajstić information content (AvgIpc) is 2.40. The maximum Gasteiger partial charge on any atom is 0.131 e. The van der Waals surface area contributed by atoms with Gasteiger partial charge < -0.3 is 5.32 Å². The lowest BCUT2D eigenvalue weighted by atomic mass is 9.99. The molecule has 20 heavy (non-hydrogen) atoms. The summed E-state index contributed by atoms with van der Waals surface area (Å²) in [6.45, 7) is 4.94. The van der Waals surface area contributed by atoms with E-state index < -0.39 is 0 Å². The van der Waals surface area contributed by atoms with Crippen LogP contribution in [0.25, 0.3) is 11.1 Å². The third-order valence-corrected chi connectivity index (χ3v) is 3.77. The van der Waals surface area contributed by atoms with Gasteiger partial charge in [-0.2, -0.15) is 0 Å². The predicted octanol–water partition coefficient (Wildman–Crippen LogP) is 5.47.